The Labute approximate surface area is 134 Å². The van der Waals surface area contributed by atoms with Gasteiger partial charge < -0.3 is 5.32 Å². The summed E-state index contributed by atoms with van der Waals surface area (Å²) in [7, 11) is -3.27. The maximum absolute atomic E-state index is 11.5. The van der Waals surface area contributed by atoms with Crippen LogP contribution in [0.15, 0.2) is 35.7 Å². The molecule has 1 amide bonds. The monoisotopic (exact) mass is 338 g/mol. The Hall–Kier alpha value is -1.73. The molecule has 7 heteroatoms. The number of nitrogens with zero attached hydrogens (tertiary/aromatic N) is 1. The lowest BCUT2D eigenvalue weighted by atomic mass is 10.2. The Balaban J connectivity index is 1.83. The third-order valence-corrected chi connectivity index (χ3v) is 5.56. The molecule has 22 heavy (non-hydrogen) atoms. The molecule has 1 N–H and O–H groups in total. The van der Waals surface area contributed by atoms with Crippen LogP contribution in [0.2, 0.25) is 0 Å². The molecule has 0 aliphatic carbocycles. The molecule has 1 aromatic heterocycles. The van der Waals surface area contributed by atoms with E-state index < -0.39 is 21.5 Å². The van der Waals surface area contributed by atoms with E-state index in [0.29, 0.717) is 13.0 Å². The summed E-state index contributed by atoms with van der Waals surface area (Å²) in [6.07, 6.45) is 0.593. The number of carbonyl (C=O) groups excluding carboxylic acids is 1. The number of sulfone groups is 1. The van der Waals surface area contributed by atoms with Gasteiger partial charge in [-0.1, -0.05) is 37.3 Å². The van der Waals surface area contributed by atoms with Gasteiger partial charge in [-0.25, -0.2) is 13.4 Å². The molecule has 0 spiro atoms. The van der Waals surface area contributed by atoms with Crippen molar-refractivity contribution in [1.29, 1.82) is 0 Å². The van der Waals surface area contributed by atoms with Gasteiger partial charge in [0.1, 0.15) is 5.75 Å². The molecule has 5 nitrogen and oxygen atoms in total. The third-order valence-electron chi connectivity index (χ3n) is 3.07. The van der Waals surface area contributed by atoms with Crippen molar-refractivity contribution < 1.29 is 13.2 Å². The molecule has 2 rings (SSSR count). The van der Waals surface area contributed by atoms with Crippen molar-refractivity contribution in [3.05, 3.63) is 40.7 Å². The summed E-state index contributed by atoms with van der Waals surface area (Å²) in [5.41, 5.74) is 1.98. The smallest absolute Gasteiger partial charge is 0.235 e. The highest BCUT2D eigenvalue weighted by Gasteiger charge is 2.13. The van der Waals surface area contributed by atoms with E-state index >= 15 is 0 Å². The molecule has 0 saturated carbocycles. The van der Waals surface area contributed by atoms with Crippen molar-refractivity contribution in [2.45, 2.75) is 13.3 Å². The van der Waals surface area contributed by atoms with E-state index in [1.165, 1.54) is 18.3 Å². The van der Waals surface area contributed by atoms with Crippen LogP contribution < -0.4 is 5.32 Å². The number of carbonyl (C=O) groups is 1. The fourth-order valence-corrected chi connectivity index (χ4v) is 3.34. The van der Waals surface area contributed by atoms with Crippen molar-refractivity contribution in [2.24, 2.45) is 0 Å². The number of thiazole rings is 1. The predicted octanol–water partition coefficient (Wildman–Crippen LogP) is 1.90. The minimum Gasteiger partial charge on any atom is -0.355 e. The first-order chi connectivity index (χ1) is 10.5. The highest BCUT2D eigenvalue weighted by molar-refractivity contribution is 7.92. The number of nitrogens with one attached hydrogen (secondary N) is 1. The summed E-state index contributed by atoms with van der Waals surface area (Å²) in [5, 5.41) is 5.51. The van der Waals surface area contributed by atoms with Gasteiger partial charge in [0, 0.05) is 29.7 Å². The zero-order valence-corrected chi connectivity index (χ0v) is 13.9. The largest absolute Gasteiger partial charge is 0.355 e. The van der Waals surface area contributed by atoms with Gasteiger partial charge in [0.25, 0.3) is 0 Å². The van der Waals surface area contributed by atoms with Crippen LogP contribution in [0.25, 0.3) is 11.3 Å². The first-order valence-corrected chi connectivity index (χ1v) is 9.67. The summed E-state index contributed by atoms with van der Waals surface area (Å²) < 4.78 is 22.7. The summed E-state index contributed by atoms with van der Waals surface area (Å²) >= 11 is 1.53. The SMILES string of the molecule is CCS(=O)(=O)CC(=O)NCCc1nc(-c2ccccc2)cs1. The normalized spacial score (nSPS) is 11.3. The van der Waals surface area contributed by atoms with E-state index in [9.17, 15) is 13.2 Å². The Bertz CT molecular complexity index is 724. The highest BCUT2D eigenvalue weighted by Crippen LogP contribution is 2.21. The van der Waals surface area contributed by atoms with Crippen LogP contribution in [-0.4, -0.2) is 37.4 Å². The van der Waals surface area contributed by atoms with Gasteiger partial charge in [0.2, 0.25) is 5.91 Å². The van der Waals surface area contributed by atoms with E-state index in [1.54, 1.807) is 0 Å². The average molecular weight is 338 g/mol. The van der Waals surface area contributed by atoms with E-state index in [1.807, 2.05) is 35.7 Å². The maximum Gasteiger partial charge on any atom is 0.235 e. The second-order valence-electron chi connectivity index (χ2n) is 4.77. The van der Waals surface area contributed by atoms with E-state index in [2.05, 4.69) is 10.3 Å². The standard InChI is InChI=1S/C15H18N2O3S2/c1-2-22(19,20)11-14(18)16-9-8-15-17-13(10-21-15)12-6-4-3-5-7-12/h3-7,10H,2,8-9,11H2,1H3,(H,16,18). The van der Waals surface area contributed by atoms with Crippen molar-refractivity contribution in [1.82, 2.24) is 10.3 Å². The molecule has 0 bridgehead atoms. The molecule has 0 saturated heterocycles. The number of hydrogen-bond acceptors (Lipinski definition) is 5. The minimum absolute atomic E-state index is 0.0205. The lowest BCUT2D eigenvalue weighted by Crippen LogP contribution is -2.32. The quantitative estimate of drug-likeness (QED) is 0.836. The zero-order valence-electron chi connectivity index (χ0n) is 12.3. The number of aromatic nitrogens is 1. The summed E-state index contributed by atoms with van der Waals surface area (Å²) in [4.78, 5) is 16.0. The predicted molar refractivity (Wildman–Crippen MR) is 88.6 cm³/mol. The van der Waals surface area contributed by atoms with Gasteiger partial charge in [-0.15, -0.1) is 11.3 Å². The third kappa shape index (κ3) is 4.92. The van der Waals surface area contributed by atoms with Crippen molar-refractivity contribution in [2.75, 3.05) is 18.1 Å². The topological polar surface area (TPSA) is 76.1 Å². The van der Waals surface area contributed by atoms with Gasteiger partial charge in [-0.3, -0.25) is 4.79 Å². The van der Waals surface area contributed by atoms with Crippen LogP contribution in [-0.2, 0) is 21.1 Å². The first kappa shape index (κ1) is 16.6. The van der Waals surface area contributed by atoms with E-state index in [-0.39, 0.29) is 5.75 Å². The maximum atomic E-state index is 11.5. The summed E-state index contributed by atoms with van der Waals surface area (Å²) in [6.45, 7) is 1.92. The molecule has 0 aliphatic rings. The van der Waals surface area contributed by atoms with Crippen LogP contribution in [0.5, 0.6) is 0 Å². The molecular formula is C15H18N2O3S2. The molecule has 2 aromatic rings. The molecule has 1 aromatic carbocycles. The van der Waals surface area contributed by atoms with Crippen LogP contribution >= 0.6 is 11.3 Å². The van der Waals surface area contributed by atoms with Gasteiger partial charge >= 0.3 is 0 Å². The molecule has 118 valence electrons. The molecular weight excluding hydrogens is 320 g/mol. The molecule has 0 aliphatic heterocycles. The molecule has 0 radical (unpaired) electrons. The lowest BCUT2D eigenvalue weighted by Gasteiger charge is -2.03. The van der Waals surface area contributed by atoms with Gasteiger partial charge in [-0.05, 0) is 0 Å². The van der Waals surface area contributed by atoms with Crippen LogP contribution in [0.4, 0.5) is 0 Å². The van der Waals surface area contributed by atoms with Gasteiger partial charge in [0.05, 0.1) is 10.7 Å². The number of benzene rings is 1. The van der Waals surface area contributed by atoms with Crippen molar-refractivity contribution in [3.8, 4) is 11.3 Å². The Morgan fingerprint density at radius 2 is 2.00 bits per heavy atom. The molecule has 1 heterocycles. The fraction of sp³-hybridized carbons (Fsp3) is 0.333. The molecule has 0 unspecified atom stereocenters. The summed E-state index contributed by atoms with van der Waals surface area (Å²) in [6, 6.07) is 9.87. The van der Waals surface area contributed by atoms with E-state index in [4.69, 9.17) is 0 Å². The second-order valence-corrected chi connectivity index (χ2v) is 8.06. The molecule has 0 atom stereocenters. The van der Waals surface area contributed by atoms with Gasteiger partial charge in [-0.2, -0.15) is 0 Å². The molecule has 0 fully saturated rings. The lowest BCUT2D eigenvalue weighted by molar-refractivity contribution is -0.118. The number of rotatable bonds is 7. The van der Waals surface area contributed by atoms with Crippen LogP contribution in [0.1, 0.15) is 11.9 Å². The first-order valence-electron chi connectivity index (χ1n) is 6.97. The number of hydrogen-bond donors (Lipinski definition) is 1. The number of amides is 1. The van der Waals surface area contributed by atoms with E-state index in [0.717, 1.165) is 16.3 Å². The van der Waals surface area contributed by atoms with Gasteiger partial charge in [0.15, 0.2) is 9.84 Å². The Morgan fingerprint density at radius 3 is 2.68 bits per heavy atom. The van der Waals surface area contributed by atoms with Crippen LogP contribution in [0, 0.1) is 0 Å². The van der Waals surface area contributed by atoms with Crippen molar-refractivity contribution in [3.63, 3.8) is 0 Å². The zero-order chi connectivity index (χ0) is 16.0. The Morgan fingerprint density at radius 1 is 1.27 bits per heavy atom. The average Bonchev–Trinajstić information content (AvgIpc) is 2.96. The minimum atomic E-state index is -3.27. The highest BCUT2D eigenvalue weighted by atomic mass is 32.2. The summed E-state index contributed by atoms with van der Waals surface area (Å²) in [5.74, 6) is -0.925. The van der Waals surface area contributed by atoms with Crippen molar-refractivity contribution >= 4 is 27.1 Å². The fourth-order valence-electron chi connectivity index (χ4n) is 1.83. The second kappa shape index (κ2) is 7.51. The van der Waals surface area contributed by atoms with Crippen LogP contribution in [0.3, 0.4) is 0 Å². The Kier molecular flexibility index (Phi) is 5.68.